The topological polar surface area (TPSA) is 61.7 Å². The second-order valence-electron chi connectivity index (χ2n) is 12.5. The van der Waals surface area contributed by atoms with Crippen molar-refractivity contribution in [1.29, 1.82) is 0 Å². The molecule has 1 aromatic carbocycles. The molecular formula is C29H45NO3. The van der Waals surface area contributed by atoms with Gasteiger partial charge in [-0.2, -0.15) is 0 Å². The molecule has 0 spiro atoms. The predicted molar refractivity (Wildman–Crippen MR) is 132 cm³/mol. The van der Waals surface area contributed by atoms with Crippen LogP contribution in [0.3, 0.4) is 0 Å². The number of methoxy groups -OCH3 is 1. The summed E-state index contributed by atoms with van der Waals surface area (Å²) in [4.78, 5) is 0. The van der Waals surface area contributed by atoms with Crippen molar-refractivity contribution in [3.8, 4) is 5.75 Å². The molecule has 0 aromatic heterocycles. The van der Waals surface area contributed by atoms with Gasteiger partial charge in [-0.15, -0.1) is 0 Å². The minimum atomic E-state index is -0.667. The van der Waals surface area contributed by atoms with Crippen LogP contribution in [0.15, 0.2) is 24.3 Å². The summed E-state index contributed by atoms with van der Waals surface area (Å²) in [5.74, 6) is 5.55. The van der Waals surface area contributed by atoms with Gasteiger partial charge in [-0.3, -0.25) is 5.32 Å². The fourth-order valence-electron chi connectivity index (χ4n) is 9.22. The summed E-state index contributed by atoms with van der Waals surface area (Å²) in [6, 6.07) is 8.03. The summed E-state index contributed by atoms with van der Waals surface area (Å²) in [7, 11) is 1.67. The molecule has 5 rings (SSSR count). The number of nitrogens with one attached hydrogen (secondary N) is 1. The fourth-order valence-corrected chi connectivity index (χ4v) is 9.22. The maximum Gasteiger partial charge on any atom is 0.131 e. The lowest BCUT2D eigenvalue weighted by Crippen LogP contribution is -2.52. The Bertz CT molecular complexity index is 840. The van der Waals surface area contributed by atoms with Crippen molar-refractivity contribution in [2.45, 2.75) is 96.4 Å². The molecule has 0 bridgehead atoms. The molecule has 4 aliphatic rings. The van der Waals surface area contributed by atoms with Crippen molar-refractivity contribution in [3.05, 3.63) is 29.8 Å². The zero-order valence-electron chi connectivity index (χ0n) is 21.1. The Labute approximate surface area is 200 Å². The molecular weight excluding hydrogens is 410 g/mol. The predicted octanol–water partition coefficient (Wildman–Crippen LogP) is 5.68. The number of hydrogen-bond donors (Lipinski definition) is 3. The van der Waals surface area contributed by atoms with E-state index >= 15 is 0 Å². The minimum Gasteiger partial charge on any atom is -0.497 e. The van der Waals surface area contributed by atoms with Crippen LogP contribution in [0.25, 0.3) is 0 Å². The van der Waals surface area contributed by atoms with Gasteiger partial charge in [0.25, 0.3) is 0 Å². The standard InChI is InChI=1S/C29H45NO3/c1-18(30-27(31)19-6-5-7-21(16-19)33-4)25-10-11-26-24-9-8-20-17-28(2,32)14-12-22(20)23(24)13-15-29(25,26)3/h5-7,16,18,20,22-27,30-32H,8-15,17H2,1-4H3/t18-,20+,22-,23+,24+,25+,26-,27?,28+,29+/m0/s1. The lowest BCUT2D eigenvalue weighted by molar-refractivity contribution is -0.102. The van der Waals surface area contributed by atoms with E-state index in [-0.39, 0.29) is 6.04 Å². The number of ether oxygens (including phenoxy) is 1. The van der Waals surface area contributed by atoms with Gasteiger partial charge in [0.2, 0.25) is 0 Å². The molecule has 4 aliphatic carbocycles. The zero-order chi connectivity index (χ0) is 23.4. The smallest absolute Gasteiger partial charge is 0.131 e. The largest absolute Gasteiger partial charge is 0.497 e. The van der Waals surface area contributed by atoms with E-state index in [1.165, 1.54) is 44.9 Å². The number of fused-ring (bicyclic) bond motifs is 5. The summed E-state index contributed by atoms with van der Waals surface area (Å²) in [5, 5.41) is 25.1. The molecule has 1 unspecified atom stereocenters. The third-order valence-electron chi connectivity index (χ3n) is 10.7. The van der Waals surface area contributed by atoms with Gasteiger partial charge in [0, 0.05) is 6.04 Å². The van der Waals surface area contributed by atoms with E-state index in [0.29, 0.717) is 11.3 Å². The molecule has 0 aliphatic heterocycles. The van der Waals surface area contributed by atoms with Gasteiger partial charge in [0.05, 0.1) is 12.7 Å². The molecule has 0 radical (unpaired) electrons. The van der Waals surface area contributed by atoms with E-state index in [9.17, 15) is 10.2 Å². The minimum absolute atomic E-state index is 0.277. The first-order valence-electron chi connectivity index (χ1n) is 13.5. The van der Waals surface area contributed by atoms with Gasteiger partial charge in [0.15, 0.2) is 0 Å². The second kappa shape index (κ2) is 8.84. The summed E-state index contributed by atoms with van der Waals surface area (Å²) in [6.07, 6.45) is 10.6. The molecule has 4 saturated carbocycles. The zero-order valence-corrected chi connectivity index (χ0v) is 21.1. The normalized spacial score (nSPS) is 44.3. The molecule has 0 saturated heterocycles. The Morgan fingerprint density at radius 2 is 1.79 bits per heavy atom. The van der Waals surface area contributed by atoms with Crippen molar-refractivity contribution in [2.24, 2.45) is 40.9 Å². The van der Waals surface area contributed by atoms with Gasteiger partial charge < -0.3 is 14.9 Å². The Balaban J connectivity index is 1.27. The molecule has 4 heteroatoms. The highest BCUT2D eigenvalue weighted by Gasteiger charge is 2.58. The van der Waals surface area contributed by atoms with Crippen LogP contribution in [-0.2, 0) is 0 Å². The van der Waals surface area contributed by atoms with Crippen LogP contribution in [-0.4, -0.2) is 29.0 Å². The van der Waals surface area contributed by atoms with E-state index < -0.39 is 11.8 Å². The first-order valence-corrected chi connectivity index (χ1v) is 13.5. The van der Waals surface area contributed by atoms with Gasteiger partial charge in [-0.1, -0.05) is 19.1 Å². The Kier molecular flexibility index (Phi) is 6.33. The number of rotatable bonds is 5. The van der Waals surface area contributed by atoms with Gasteiger partial charge >= 0.3 is 0 Å². The highest BCUT2D eigenvalue weighted by molar-refractivity contribution is 5.29. The van der Waals surface area contributed by atoms with E-state index in [1.54, 1.807) is 7.11 Å². The fraction of sp³-hybridized carbons (Fsp3) is 0.793. The number of benzene rings is 1. The summed E-state index contributed by atoms with van der Waals surface area (Å²) in [6.45, 7) is 6.91. The lowest BCUT2D eigenvalue weighted by Gasteiger charge is -2.57. The average Bonchev–Trinajstić information content (AvgIpc) is 3.15. The Morgan fingerprint density at radius 3 is 2.58 bits per heavy atom. The molecule has 1 aromatic rings. The van der Waals surface area contributed by atoms with E-state index in [0.717, 1.165) is 53.7 Å². The number of aliphatic hydroxyl groups excluding tert-OH is 1. The monoisotopic (exact) mass is 455 g/mol. The van der Waals surface area contributed by atoms with Gasteiger partial charge in [-0.05, 0) is 130 Å². The number of hydrogen-bond acceptors (Lipinski definition) is 4. The first-order chi connectivity index (χ1) is 15.7. The van der Waals surface area contributed by atoms with E-state index in [1.807, 2.05) is 24.3 Å². The first kappa shape index (κ1) is 23.6. The van der Waals surface area contributed by atoms with Crippen LogP contribution >= 0.6 is 0 Å². The number of aliphatic hydroxyl groups is 2. The molecule has 4 fully saturated rings. The highest BCUT2D eigenvalue weighted by atomic mass is 16.5. The van der Waals surface area contributed by atoms with Crippen LogP contribution in [0.5, 0.6) is 5.75 Å². The Morgan fingerprint density at radius 1 is 1.00 bits per heavy atom. The van der Waals surface area contributed by atoms with Crippen molar-refractivity contribution in [1.82, 2.24) is 5.32 Å². The Hall–Kier alpha value is -1.10. The maximum absolute atomic E-state index is 10.9. The molecule has 0 amide bonds. The van der Waals surface area contributed by atoms with Crippen LogP contribution in [0.1, 0.15) is 90.3 Å². The highest BCUT2D eigenvalue weighted by Crippen LogP contribution is 2.65. The van der Waals surface area contributed by atoms with Crippen molar-refractivity contribution < 1.29 is 14.9 Å². The van der Waals surface area contributed by atoms with Crippen molar-refractivity contribution >= 4 is 0 Å². The molecule has 33 heavy (non-hydrogen) atoms. The summed E-state index contributed by atoms with van der Waals surface area (Å²) in [5.41, 5.74) is 0.811. The van der Waals surface area contributed by atoms with Crippen LogP contribution in [0.2, 0.25) is 0 Å². The van der Waals surface area contributed by atoms with Gasteiger partial charge in [-0.25, -0.2) is 0 Å². The third kappa shape index (κ3) is 4.25. The average molecular weight is 456 g/mol. The molecule has 10 atom stereocenters. The van der Waals surface area contributed by atoms with Crippen LogP contribution < -0.4 is 10.1 Å². The van der Waals surface area contributed by atoms with Crippen molar-refractivity contribution in [2.75, 3.05) is 7.11 Å². The molecule has 184 valence electrons. The quantitative estimate of drug-likeness (QED) is 0.500. The van der Waals surface area contributed by atoms with E-state index in [2.05, 4.69) is 26.1 Å². The van der Waals surface area contributed by atoms with Crippen LogP contribution in [0.4, 0.5) is 0 Å². The summed E-state index contributed by atoms with van der Waals surface area (Å²) >= 11 is 0. The molecule has 4 nitrogen and oxygen atoms in total. The molecule has 3 N–H and O–H groups in total. The SMILES string of the molecule is COc1cccc(C(O)N[C@@H](C)[C@H]2CC[C@H]3[C@@H]4CC[C@@H]5C[C@](C)(O)CC[C@@H]5[C@H]4CC[C@]23C)c1. The third-order valence-corrected chi connectivity index (χ3v) is 10.7. The second-order valence-corrected chi connectivity index (χ2v) is 12.5. The van der Waals surface area contributed by atoms with Gasteiger partial charge in [0.1, 0.15) is 12.0 Å². The lowest BCUT2D eigenvalue weighted by atomic mass is 9.49. The van der Waals surface area contributed by atoms with Crippen molar-refractivity contribution in [3.63, 3.8) is 0 Å². The van der Waals surface area contributed by atoms with Crippen LogP contribution in [0, 0.1) is 40.9 Å². The maximum atomic E-state index is 10.9. The summed E-state index contributed by atoms with van der Waals surface area (Å²) < 4.78 is 5.34. The molecule has 0 heterocycles. The van der Waals surface area contributed by atoms with E-state index in [4.69, 9.17) is 4.74 Å².